The van der Waals surface area contributed by atoms with E-state index in [2.05, 4.69) is 5.32 Å². The third kappa shape index (κ3) is 5.16. The molecule has 8 heteroatoms. The van der Waals surface area contributed by atoms with Gasteiger partial charge in [0.2, 0.25) is 0 Å². The van der Waals surface area contributed by atoms with E-state index in [1.54, 1.807) is 69.6 Å². The number of anilines is 1. The highest BCUT2D eigenvalue weighted by molar-refractivity contribution is 6.04. The zero-order valence-corrected chi connectivity index (χ0v) is 20.2. The van der Waals surface area contributed by atoms with Crippen LogP contribution in [0.25, 0.3) is 0 Å². The minimum absolute atomic E-state index is 0.145. The molecule has 1 aliphatic rings. The number of para-hydroxylation sites is 1. The number of carbonyl (C=O) groups is 2. The van der Waals surface area contributed by atoms with Gasteiger partial charge in [0, 0.05) is 35.5 Å². The molecule has 0 aromatic heterocycles. The van der Waals surface area contributed by atoms with E-state index in [4.69, 9.17) is 18.9 Å². The smallest absolute Gasteiger partial charge is 0.263 e. The highest BCUT2D eigenvalue weighted by Gasteiger charge is 2.29. The standard InChI is InChI=1S/C27H28N2O6/c1-17-27(31)29(15-19-8-6-10-24(33-3)25(19)34-4)16-20-13-21(11-12-23(20)35-17)28-26(30)18-7-5-9-22(14-18)32-2/h5-14,17H,15-16H2,1-4H3,(H,28,30)/t17-/m1/s1. The van der Waals surface area contributed by atoms with Gasteiger partial charge in [0.15, 0.2) is 17.6 Å². The number of nitrogens with one attached hydrogen (secondary N) is 1. The maximum absolute atomic E-state index is 13.1. The largest absolute Gasteiger partial charge is 0.497 e. The lowest BCUT2D eigenvalue weighted by Gasteiger charge is -2.24. The topological polar surface area (TPSA) is 86.3 Å². The van der Waals surface area contributed by atoms with Crippen molar-refractivity contribution in [3.63, 3.8) is 0 Å². The van der Waals surface area contributed by atoms with E-state index in [9.17, 15) is 9.59 Å². The van der Waals surface area contributed by atoms with Gasteiger partial charge in [-0.15, -0.1) is 0 Å². The second kappa shape index (κ2) is 10.4. The van der Waals surface area contributed by atoms with Crippen LogP contribution in [0.2, 0.25) is 0 Å². The van der Waals surface area contributed by atoms with Crippen molar-refractivity contribution in [2.45, 2.75) is 26.1 Å². The molecule has 4 rings (SSSR count). The average molecular weight is 477 g/mol. The molecule has 0 aliphatic carbocycles. The lowest BCUT2D eigenvalue weighted by Crippen LogP contribution is -2.37. The number of amides is 2. The molecule has 182 valence electrons. The normalized spacial score (nSPS) is 14.9. The molecular weight excluding hydrogens is 448 g/mol. The Hall–Kier alpha value is -4.20. The second-order valence-corrected chi connectivity index (χ2v) is 8.12. The Kier molecular flexibility index (Phi) is 7.10. The molecular formula is C27H28N2O6. The van der Waals surface area contributed by atoms with Gasteiger partial charge in [0.05, 0.1) is 21.3 Å². The summed E-state index contributed by atoms with van der Waals surface area (Å²) < 4.78 is 22.1. The molecule has 0 saturated carbocycles. The van der Waals surface area contributed by atoms with Gasteiger partial charge in [-0.05, 0) is 49.4 Å². The first-order chi connectivity index (χ1) is 16.9. The summed E-state index contributed by atoms with van der Waals surface area (Å²) in [5.74, 6) is 1.97. The molecule has 0 unspecified atom stereocenters. The fourth-order valence-corrected chi connectivity index (χ4v) is 4.06. The van der Waals surface area contributed by atoms with Crippen molar-refractivity contribution in [2.24, 2.45) is 0 Å². The number of methoxy groups -OCH3 is 3. The fourth-order valence-electron chi connectivity index (χ4n) is 4.06. The minimum atomic E-state index is -0.662. The van der Waals surface area contributed by atoms with Crippen LogP contribution in [0.15, 0.2) is 60.7 Å². The first-order valence-corrected chi connectivity index (χ1v) is 11.2. The Balaban J connectivity index is 1.59. The van der Waals surface area contributed by atoms with Gasteiger partial charge < -0.3 is 29.2 Å². The maximum atomic E-state index is 13.1. The summed E-state index contributed by atoms with van der Waals surface area (Å²) in [6.07, 6.45) is -0.662. The van der Waals surface area contributed by atoms with E-state index in [-0.39, 0.29) is 11.8 Å². The van der Waals surface area contributed by atoms with Crippen LogP contribution in [0, 0.1) is 0 Å². The molecule has 0 saturated heterocycles. The molecule has 0 spiro atoms. The van der Waals surface area contributed by atoms with Crippen LogP contribution in [-0.4, -0.2) is 44.1 Å². The van der Waals surface area contributed by atoms with Crippen molar-refractivity contribution < 1.29 is 28.5 Å². The van der Waals surface area contributed by atoms with Crippen molar-refractivity contribution in [3.8, 4) is 23.0 Å². The summed E-state index contributed by atoms with van der Waals surface area (Å²) >= 11 is 0. The van der Waals surface area contributed by atoms with Gasteiger partial charge in [-0.25, -0.2) is 0 Å². The van der Waals surface area contributed by atoms with Crippen molar-refractivity contribution in [1.82, 2.24) is 4.90 Å². The third-order valence-electron chi connectivity index (χ3n) is 5.82. The van der Waals surface area contributed by atoms with Crippen LogP contribution >= 0.6 is 0 Å². The van der Waals surface area contributed by atoms with E-state index in [1.165, 1.54) is 0 Å². The Morgan fingerprint density at radius 1 is 1.03 bits per heavy atom. The lowest BCUT2D eigenvalue weighted by atomic mass is 10.1. The predicted molar refractivity (Wildman–Crippen MR) is 131 cm³/mol. The van der Waals surface area contributed by atoms with Crippen LogP contribution < -0.4 is 24.3 Å². The van der Waals surface area contributed by atoms with Gasteiger partial charge in [-0.2, -0.15) is 0 Å². The molecule has 0 fully saturated rings. The summed E-state index contributed by atoms with van der Waals surface area (Å²) in [5, 5.41) is 2.91. The van der Waals surface area contributed by atoms with E-state index < -0.39 is 6.10 Å². The van der Waals surface area contributed by atoms with Gasteiger partial charge in [0.25, 0.3) is 11.8 Å². The monoisotopic (exact) mass is 476 g/mol. The number of benzene rings is 3. The van der Waals surface area contributed by atoms with Crippen LogP contribution in [0.1, 0.15) is 28.4 Å². The number of carbonyl (C=O) groups excluding carboxylic acids is 2. The number of hydrogen-bond donors (Lipinski definition) is 1. The molecule has 2 amide bonds. The third-order valence-corrected chi connectivity index (χ3v) is 5.82. The Morgan fingerprint density at radius 3 is 2.57 bits per heavy atom. The molecule has 1 heterocycles. The molecule has 35 heavy (non-hydrogen) atoms. The summed E-state index contributed by atoms with van der Waals surface area (Å²) in [4.78, 5) is 27.6. The van der Waals surface area contributed by atoms with Crippen LogP contribution in [-0.2, 0) is 17.9 Å². The first-order valence-electron chi connectivity index (χ1n) is 11.2. The van der Waals surface area contributed by atoms with Gasteiger partial charge in [-0.3, -0.25) is 9.59 Å². The SMILES string of the molecule is COc1cccc(C(=O)Nc2ccc3c(c2)CN(Cc2cccc(OC)c2OC)C(=O)[C@@H](C)O3)c1. The molecule has 0 radical (unpaired) electrons. The molecule has 1 atom stereocenters. The molecule has 1 aliphatic heterocycles. The Labute approximate surface area is 204 Å². The van der Waals surface area contributed by atoms with E-state index in [0.29, 0.717) is 47.3 Å². The van der Waals surface area contributed by atoms with E-state index in [1.807, 2.05) is 24.3 Å². The summed E-state index contributed by atoms with van der Waals surface area (Å²) in [7, 11) is 4.70. The summed E-state index contributed by atoms with van der Waals surface area (Å²) in [5.41, 5.74) is 2.68. The summed E-state index contributed by atoms with van der Waals surface area (Å²) in [6.45, 7) is 2.35. The molecule has 3 aromatic carbocycles. The van der Waals surface area contributed by atoms with Crippen molar-refractivity contribution >= 4 is 17.5 Å². The van der Waals surface area contributed by atoms with Crippen molar-refractivity contribution in [1.29, 1.82) is 0 Å². The molecule has 1 N–H and O–H groups in total. The number of ether oxygens (including phenoxy) is 4. The van der Waals surface area contributed by atoms with Crippen LogP contribution in [0.4, 0.5) is 5.69 Å². The zero-order valence-electron chi connectivity index (χ0n) is 20.2. The number of fused-ring (bicyclic) bond motifs is 1. The maximum Gasteiger partial charge on any atom is 0.263 e. The highest BCUT2D eigenvalue weighted by Crippen LogP contribution is 2.34. The van der Waals surface area contributed by atoms with E-state index in [0.717, 1.165) is 11.1 Å². The number of nitrogens with zero attached hydrogens (tertiary/aromatic N) is 1. The zero-order chi connectivity index (χ0) is 24.9. The van der Waals surface area contributed by atoms with E-state index >= 15 is 0 Å². The van der Waals surface area contributed by atoms with Crippen LogP contribution in [0.5, 0.6) is 23.0 Å². The van der Waals surface area contributed by atoms with Gasteiger partial charge in [0.1, 0.15) is 11.5 Å². The van der Waals surface area contributed by atoms with Gasteiger partial charge >= 0.3 is 0 Å². The average Bonchev–Trinajstić information content (AvgIpc) is 2.99. The fraction of sp³-hybridized carbons (Fsp3) is 0.259. The summed E-state index contributed by atoms with van der Waals surface area (Å²) in [6, 6.07) is 17.9. The number of hydrogen-bond acceptors (Lipinski definition) is 6. The second-order valence-electron chi connectivity index (χ2n) is 8.12. The number of rotatable bonds is 7. The molecule has 0 bridgehead atoms. The van der Waals surface area contributed by atoms with Crippen molar-refractivity contribution in [3.05, 3.63) is 77.4 Å². The van der Waals surface area contributed by atoms with Gasteiger partial charge in [-0.1, -0.05) is 18.2 Å². The Morgan fingerprint density at radius 2 is 1.83 bits per heavy atom. The van der Waals surface area contributed by atoms with Crippen molar-refractivity contribution in [2.75, 3.05) is 26.6 Å². The highest BCUT2D eigenvalue weighted by atomic mass is 16.5. The van der Waals surface area contributed by atoms with Crippen LogP contribution in [0.3, 0.4) is 0 Å². The molecule has 8 nitrogen and oxygen atoms in total. The quantitative estimate of drug-likeness (QED) is 0.548. The predicted octanol–water partition coefficient (Wildman–Crippen LogP) is 4.27. The Bertz CT molecular complexity index is 1240. The lowest BCUT2D eigenvalue weighted by molar-refractivity contribution is -0.138. The first kappa shape index (κ1) is 23.9. The molecule has 3 aromatic rings. The minimum Gasteiger partial charge on any atom is -0.497 e.